The summed E-state index contributed by atoms with van der Waals surface area (Å²) in [5.74, 6) is -0.659. The molecule has 1 aliphatic rings. The highest BCUT2D eigenvalue weighted by Gasteiger charge is 2.20. The number of fused-ring (bicyclic) bond motifs is 3. The molecule has 0 fully saturated rings. The number of hydrogen-bond donors (Lipinski definition) is 1. The SMILES string of the molecule is COC(=O)c1ccc(NC(=O)CCn2cnc3sc4c(c3c2=O)CCCC4)s1. The number of rotatable bonds is 5. The molecule has 0 atom stereocenters. The molecule has 0 saturated carbocycles. The monoisotopic (exact) mass is 417 g/mol. The third-order valence-electron chi connectivity index (χ3n) is 4.78. The quantitative estimate of drug-likeness (QED) is 0.644. The summed E-state index contributed by atoms with van der Waals surface area (Å²) in [6.07, 6.45) is 5.88. The van der Waals surface area contributed by atoms with Crippen LogP contribution in [0.1, 0.15) is 39.4 Å². The summed E-state index contributed by atoms with van der Waals surface area (Å²) in [5, 5.41) is 4.04. The van der Waals surface area contributed by atoms with E-state index in [4.69, 9.17) is 0 Å². The van der Waals surface area contributed by atoms with Crippen molar-refractivity contribution in [3.05, 3.63) is 44.1 Å². The third kappa shape index (κ3) is 3.59. The first-order chi connectivity index (χ1) is 13.6. The Hall–Kier alpha value is -2.52. The van der Waals surface area contributed by atoms with Gasteiger partial charge in [-0.15, -0.1) is 22.7 Å². The number of aryl methyl sites for hydroxylation is 3. The van der Waals surface area contributed by atoms with E-state index in [0.717, 1.165) is 52.8 Å². The van der Waals surface area contributed by atoms with Gasteiger partial charge in [-0.2, -0.15) is 0 Å². The second-order valence-corrected chi connectivity index (χ2v) is 8.76. The number of amides is 1. The van der Waals surface area contributed by atoms with Gasteiger partial charge in [0.2, 0.25) is 5.91 Å². The Morgan fingerprint density at radius 1 is 1.25 bits per heavy atom. The van der Waals surface area contributed by atoms with Crippen LogP contribution < -0.4 is 10.9 Å². The maximum Gasteiger partial charge on any atom is 0.348 e. The number of ether oxygens (including phenoxy) is 1. The minimum Gasteiger partial charge on any atom is -0.465 e. The first-order valence-electron chi connectivity index (χ1n) is 9.04. The zero-order chi connectivity index (χ0) is 19.7. The van der Waals surface area contributed by atoms with Crippen LogP contribution in [0.4, 0.5) is 5.00 Å². The van der Waals surface area contributed by atoms with E-state index in [-0.39, 0.29) is 24.4 Å². The van der Waals surface area contributed by atoms with Gasteiger partial charge in [0, 0.05) is 17.8 Å². The number of nitrogens with zero attached hydrogens (tertiary/aromatic N) is 2. The fraction of sp³-hybridized carbons (Fsp3) is 0.368. The van der Waals surface area contributed by atoms with Crippen molar-refractivity contribution in [1.82, 2.24) is 9.55 Å². The van der Waals surface area contributed by atoms with Crippen LogP contribution in [0.5, 0.6) is 0 Å². The van der Waals surface area contributed by atoms with E-state index in [1.54, 1.807) is 23.5 Å². The molecule has 3 aromatic rings. The van der Waals surface area contributed by atoms with Crippen molar-refractivity contribution in [3.8, 4) is 0 Å². The van der Waals surface area contributed by atoms with Crippen molar-refractivity contribution in [2.45, 2.75) is 38.6 Å². The molecule has 0 unspecified atom stereocenters. The summed E-state index contributed by atoms with van der Waals surface area (Å²) in [4.78, 5) is 43.5. The van der Waals surface area contributed by atoms with E-state index in [1.165, 1.54) is 22.9 Å². The first-order valence-corrected chi connectivity index (χ1v) is 10.7. The van der Waals surface area contributed by atoms with Crippen molar-refractivity contribution >= 4 is 49.8 Å². The summed E-state index contributed by atoms with van der Waals surface area (Å²) >= 11 is 2.77. The van der Waals surface area contributed by atoms with Crippen LogP contribution in [0, 0.1) is 0 Å². The molecule has 28 heavy (non-hydrogen) atoms. The lowest BCUT2D eigenvalue weighted by Gasteiger charge is -2.10. The van der Waals surface area contributed by atoms with Gasteiger partial charge in [-0.3, -0.25) is 14.2 Å². The molecule has 1 N–H and O–H groups in total. The third-order valence-corrected chi connectivity index (χ3v) is 6.96. The highest BCUT2D eigenvalue weighted by Crippen LogP contribution is 2.33. The molecule has 3 heterocycles. The number of esters is 1. The van der Waals surface area contributed by atoms with Crippen molar-refractivity contribution in [1.29, 1.82) is 0 Å². The second-order valence-electron chi connectivity index (χ2n) is 6.59. The predicted octanol–water partition coefficient (Wildman–Crippen LogP) is 3.21. The van der Waals surface area contributed by atoms with Crippen LogP contribution >= 0.6 is 22.7 Å². The normalized spacial score (nSPS) is 13.3. The molecule has 0 aliphatic heterocycles. The van der Waals surface area contributed by atoms with Crippen LogP contribution in [-0.2, 0) is 28.9 Å². The fourth-order valence-corrected chi connectivity index (χ4v) is 5.44. The van der Waals surface area contributed by atoms with Gasteiger partial charge in [-0.05, 0) is 43.4 Å². The Morgan fingerprint density at radius 2 is 2.07 bits per heavy atom. The number of methoxy groups -OCH3 is 1. The number of hydrogen-bond acceptors (Lipinski definition) is 7. The summed E-state index contributed by atoms with van der Waals surface area (Å²) in [5.41, 5.74) is 1.08. The van der Waals surface area contributed by atoms with Gasteiger partial charge in [0.15, 0.2) is 0 Å². The largest absolute Gasteiger partial charge is 0.465 e. The minimum absolute atomic E-state index is 0.0682. The van der Waals surface area contributed by atoms with E-state index in [2.05, 4.69) is 15.0 Å². The minimum atomic E-state index is -0.435. The molecule has 0 spiro atoms. The summed E-state index contributed by atoms with van der Waals surface area (Å²) < 4.78 is 6.17. The van der Waals surface area contributed by atoms with E-state index >= 15 is 0 Å². The Morgan fingerprint density at radius 3 is 2.89 bits per heavy atom. The fourth-order valence-electron chi connectivity index (χ4n) is 3.38. The zero-order valence-corrected chi connectivity index (χ0v) is 17.0. The van der Waals surface area contributed by atoms with Crippen LogP contribution in [0.2, 0.25) is 0 Å². The lowest BCUT2D eigenvalue weighted by Crippen LogP contribution is -2.24. The summed E-state index contributed by atoms with van der Waals surface area (Å²) in [6, 6.07) is 3.26. The average Bonchev–Trinajstić information content (AvgIpc) is 3.31. The Kier molecular flexibility index (Phi) is 5.27. The molecular formula is C19H19N3O4S2. The Balaban J connectivity index is 1.46. The number of nitrogens with one attached hydrogen (secondary N) is 1. The molecular weight excluding hydrogens is 398 g/mol. The molecule has 1 amide bonds. The zero-order valence-electron chi connectivity index (χ0n) is 15.3. The van der Waals surface area contributed by atoms with Crippen molar-refractivity contribution in [2.75, 3.05) is 12.4 Å². The van der Waals surface area contributed by atoms with E-state index in [9.17, 15) is 14.4 Å². The predicted molar refractivity (Wildman–Crippen MR) is 109 cm³/mol. The van der Waals surface area contributed by atoms with Gasteiger partial charge < -0.3 is 10.1 Å². The molecule has 0 saturated heterocycles. The molecule has 146 valence electrons. The maximum absolute atomic E-state index is 12.9. The van der Waals surface area contributed by atoms with Crippen LogP contribution in [0.3, 0.4) is 0 Å². The molecule has 0 bridgehead atoms. The molecule has 4 rings (SSSR count). The average molecular weight is 418 g/mol. The standard InChI is InChI=1S/C19H19N3O4S2/c1-26-19(25)13-6-7-15(27-13)21-14(23)8-9-22-10-20-17-16(18(22)24)11-4-2-3-5-12(11)28-17/h6-7,10H,2-5,8-9H2,1H3,(H,21,23). The van der Waals surface area contributed by atoms with E-state index in [0.29, 0.717) is 9.88 Å². The molecule has 0 radical (unpaired) electrons. The van der Waals surface area contributed by atoms with Crippen molar-refractivity contribution in [2.24, 2.45) is 0 Å². The van der Waals surface area contributed by atoms with Crippen LogP contribution in [0.25, 0.3) is 10.2 Å². The molecule has 9 heteroatoms. The van der Waals surface area contributed by atoms with Crippen LogP contribution in [-0.4, -0.2) is 28.5 Å². The number of carbonyl (C=O) groups is 2. The van der Waals surface area contributed by atoms with E-state index < -0.39 is 5.97 Å². The van der Waals surface area contributed by atoms with Gasteiger partial charge in [0.25, 0.3) is 5.56 Å². The van der Waals surface area contributed by atoms with Crippen molar-refractivity contribution < 1.29 is 14.3 Å². The van der Waals surface area contributed by atoms with Crippen LogP contribution in [0.15, 0.2) is 23.3 Å². The lowest BCUT2D eigenvalue weighted by molar-refractivity contribution is -0.116. The number of anilines is 1. The maximum atomic E-state index is 12.9. The van der Waals surface area contributed by atoms with Gasteiger partial charge in [0.05, 0.1) is 23.8 Å². The van der Waals surface area contributed by atoms with E-state index in [1.807, 2.05) is 0 Å². The molecule has 0 aromatic carbocycles. The Bertz CT molecular complexity index is 1110. The number of thiophene rings is 2. The van der Waals surface area contributed by atoms with Gasteiger partial charge in [0.1, 0.15) is 9.71 Å². The number of aromatic nitrogens is 2. The lowest BCUT2D eigenvalue weighted by atomic mass is 9.97. The summed E-state index contributed by atoms with van der Waals surface area (Å²) in [7, 11) is 1.31. The summed E-state index contributed by atoms with van der Waals surface area (Å²) in [6.45, 7) is 0.257. The van der Waals surface area contributed by atoms with Gasteiger partial charge >= 0.3 is 5.97 Å². The topological polar surface area (TPSA) is 90.3 Å². The number of carbonyl (C=O) groups excluding carboxylic acids is 2. The first kappa shape index (κ1) is 18.8. The Labute approximate surface area is 169 Å². The highest BCUT2D eigenvalue weighted by molar-refractivity contribution is 7.19. The smallest absolute Gasteiger partial charge is 0.348 e. The highest BCUT2D eigenvalue weighted by atomic mass is 32.1. The molecule has 3 aromatic heterocycles. The van der Waals surface area contributed by atoms with Gasteiger partial charge in [-0.25, -0.2) is 9.78 Å². The van der Waals surface area contributed by atoms with Crippen molar-refractivity contribution in [3.63, 3.8) is 0 Å². The van der Waals surface area contributed by atoms with Gasteiger partial charge in [-0.1, -0.05) is 0 Å². The molecule has 1 aliphatic carbocycles. The molecule has 7 nitrogen and oxygen atoms in total. The second kappa shape index (κ2) is 7.84.